The molecule has 122 valence electrons. The first-order valence-electron chi connectivity index (χ1n) is 6.49. The molecule has 2 N–H and O–H groups in total. The van der Waals surface area contributed by atoms with Crippen molar-refractivity contribution in [1.82, 2.24) is 4.90 Å². The quantitative estimate of drug-likeness (QED) is 0.498. The Morgan fingerprint density at radius 2 is 1.52 bits per heavy atom. The first-order chi connectivity index (χ1) is 9.49. The number of alkyl halides is 3. The Balaban J connectivity index is 0.000000177. The number of Topliss-reactive ketones (excluding diaryl/α,β-unsaturated/α-hetero) is 1. The van der Waals surface area contributed by atoms with E-state index in [4.69, 9.17) is 13.0 Å². The van der Waals surface area contributed by atoms with Crippen LogP contribution in [0.25, 0.3) is 0 Å². The normalized spacial score (nSPS) is 38.7. The Morgan fingerprint density at radius 3 is 1.86 bits per heavy atom. The van der Waals surface area contributed by atoms with Crippen LogP contribution < -0.4 is 0 Å². The van der Waals surface area contributed by atoms with E-state index in [1.165, 1.54) is 0 Å². The van der Waals surface area contributed by atoms with Crippen molar-refractivity contribution in [2.75, 3.05) is 6.54 Å². The zero-order valence-electron chi connectivity index (χ0n) is 11.0. The topological polar surface area (TPSA) is 94.9 Å². The molecule has 21 heavy (non-hydrogen) atoms. The Labute approximate surface area is 119 Å². The number of carbonyl (C=O) groups is 1. The standard InChI is InChI=1S/C10H15NO2.CHF3O3S/c12-9-3-7-1-6-2-8(4-9)11(7)5-10(6)13;2-1(3,4)8(5,6)7/h6-9,12H,1-5H2;(H,5,6,7). The molecule has 0 aromatic heterocycles. The third kappa shape index (κ3) is 3.55. The van der Waals surface area contributed by atoms with Gasteiger partial charge in [0, 0.05) is 18.0 Å². The molecule has 0 amide bonds. The predicted octanol–water partition coefficient (Wildman–Crippen LogP) is 0.567. The van der Waals surface area contributed by atoms with E-state index in [1.54, 1.807) is 0 Å². The summed E-state index contributed by atoms with van der Waals surface area (Å²) in [4.78, 5) is 13.8. The summed E-state index contributed by atoms with van der Waals surface area (Å²) in [5.41, 5.74) is -5.53. The molecule has 4 aliphatic rings. The summed E-state index contributed by atoms with van der Waals surface area (Å²) in [7, 11) is -5.84. The van der Waals surface area contributed by atoms with Crippen molar-refractivity contribution in [1.29, 1.82) is 0 Å². The third-order valence-corrected chi connectivity index (χ3v) is 4.81. The molecule has 4 rings (SSSR count). The Kier molecular flexibility index (Phi) is 4.35. The van der Waals surface area contributed by atoms with Gasteiger partial charge in [0.2, 0.25) is 0 Å². The molecule has 2 atom stereocenters. The Hall–Kier alpha value is -0.710. The van der Waals surface area contributed by atoms with Gasteiger partial charge in [-0.1, -0.05) is 0 Å². The first kappa shape index (κ1) is 16.7. The van der Waals surface area contributed by atoms with Gasteiger partial charge >= 0.3 is 15.6 Å². The fourth-order valence-electron chi connectivity index (χ4n) is 3.34. The second kappa shape index (κ2) is 5.49. The number of aliphatic hydroxyl groups excluding tert-OH is 1. The number of nitrogens with zero attached hydrogens (tertiary/aromatic N) is 1. The molecule has 0 radical (unpaired) electrons. The lowest BCUT2D eigenvalue weighted by molar-refractivity contribution is -0.144. The van der Waals surface area contributed by atoms with E-state index in [0.717, 1.165) is 25.7 Å². The molecule has 4 bridgehead atoms. The molecule has 6 nitrogen and oxygen atoms in total. The molecule has 10 heteroatoms. The molecule has 4 fully saturated rings. The number of carbonyl (C=O) groups excluding carboxylic acids is 1. The van der Waals surface area contributed by atoms with Crippen molar-refractivity contribution >= 4 is 15.9 Å². The number of hydrogen-bond acceptors (Lipinski definition) is 5. The van der Waals surface area contributed by atoms with Gasteiger partial charge in [0.1, 0.15) is 5.78 Å². The molecule has 0 aromatic rings. The van der Waals surface area contributed by atoms with Crippen LogP contribution in [0.4, 0.5) is 13.2 Å². The highest BCUT2D eigenvalue weighted by atomic mass is 32.2. The van der Waals surface area contributed by atoms with Gasteiger partial charge in [-0.3, -0.25) is 14.2 Å². The Morgan fingerprint density at radius 1 is 1.10 bits per heavy atom. The molecular formula is C11H16F3NO5S. The number of halogens is 3. The van der Waals surface area contributed by atoms with Crippen LogP contribution >= 0.6 is 0 Å². The van der Waals surface area contributed by atoms with Crippen LogP contribution in [-0.2, 0) is 14.9 Å². The molecule has 0 spiro atoms. The minimum absolute atomic E-state index is 0.111. The molecule has 4 aliphatic heterocycles. The van der Waals surface area contributed by atoms with Gasteiger partial charge in [-0.2, -0.15) is 21.6 Å². The monoisotopic (exact) mass is 331 g/mol. The van der Waals surface area contributed by atoms with E-state index < -0.39 is 15.6 Å². The van der Waals surface area contributed by atoms with Gasteiger partial charge in [-0.15, -0.1) is 0 Å². The van der Waals surface area contributed by atoms with E-state index >= 15 is 0 Å². The summed E-state index contributed by atoms with van der Waals surface area (Å²) in [6.07, 6.45) is 3.68. The second-order valence-electron chi connectivity index (χ2n) is 5.66. The van der Waals surface area contributed by atoms with Gasteiger partial charge in [0.25, 0.3) is 0 Å². The highest BCUT2D eigenvalue weighted by Gasteiger charge is 2.48. The maximum absolute atomic E-state index is 11.5. The van der Waals surface area contributed by atoms with Crippen LogP contribution in [0.15, 0.2) is 0 Å². The lowest BCUT2D eigenvalue weighted by atomic mass is 9.72. The fraction of sp³-hybridized carbons (Fsp3) is 0.909. The van der Waals surface area contributed by atoms with E-state index in [2.05, 4.69) is 4.90 Å². The van der Waals surface area contributed by atoms with E-state index in [0.29, 0.717) is 30.3 Å². The molecule has 0 saturated carbocycles. The van der Waals surface area contributed by atoms with Gasteiger partial charge in [-0.05, 0) is 25.7 Å². The highest BCUT2D eigenvalue weighted by Crippen LogP contribution is 2.41. The lowest BCUT2D eigenvalue weighted by Crippen LogP contribution is -2.62. The average Bonchev–Trinajstić information content (AvgIpc) is 2.27. The number of fused-ring (bicyclic) bond motifs is 1. The van der Waals surface area contributed by atoms with Gasteiger partial charge in [-0.25, -0.2) is 0 Å². The zero-order valence-corrected chi connectivity index (χ0v) is 11.8. The lowest BCUT2D eigenvalue weighted by Gasteiger charge is -2.53. The summed E-state index contributed by atoms with van der Waals surface area (Å²) in [5, 5.41) is 9.60. The zero-order chi connectivity index (χ0) is 16.0. The number of hydrogen-bond donors (Lipinski definition) is 2. The van der Waals surface area contributed by atoms with Gasteiger partial charge in [0.15, 0.2) is 0 Å². The maximum atomic E-state index is 11.5. The average molecular weight is 331 g/mol. The minimum atomic E-state index is -5.84. The summed E-state index contributed by atoms with van der Waals surface area (Å²) in [6, 6.07) is 1.01. The van der Waals surface area contributed by atoms with Gasteiger partial charge in [0.05, 0.1) is 12.6 Å². The minimum Gasteiger partial charge on any atom is -0.393 e. The van der Waals surface area contributed by atoms with Crippen LogP contribution in [-0.4, -0.2) is 59.0 Å². The van der Waals surface area contributed by atoms with Crippen molar-refractivity contribution < 1.29 is 36.0 Å². The molecular weight excluding hydrogens is 315 g/mol. The summed E-state index contributed by atoms with van der Waals surface area (Å²) < 4.78 is 57.5. The van der Waals surface area contributed by atoms with E-state index in [9.17, 15) is 23.1 Å². The van der Waals surface area contributed by atoms with E-state index in [-0.39, 0.29) is 6.10 Å². The van der Waals surface area contributed by atoms with Crippen molar-refractivity contribution in [2.24, 2.45) is 5.92 Å². The van der Waals surface area contributed by atoms with Crippen molar-refractivity contribution in [3.8, 4) is 0 Å². The summed E-state index contributed by atoms with van der Waals surface area (Å²) in [6.45, 7) is 0.659. The van der Waals surface area contributed by atoms with Crippen LogP contribution in [0.3, 0.4) is 0 Å². The Bertz CT molecular complexity index is 504. The maximum Gasteiger partial charge on any atom is 0.522 e. The number of aliphatic hydroxyl groups is 1. The first-order valence-corrected chi connectivity index (χ1v) is 7.93. The van der Waals surface area contributed by atoms with Crippen LogP contribution in [0, 0.1) is 5.92 Å². The number of ketones is 1. The van der Waals surface area contributed by atoms with Gasteiger partial charge < -0.3 is 5.11 Å². The smallest absolute Gasteiger partial charge is 0.393 e. The largest absolute Gasteiger partial charge is 0.522 e. The van der Waals surface area contributed by atoms with Crippen LogP contribution in [0.1, 0.15) is 25.7 Å². The van der Waals surface area contributed by atoms with Crippen LogP contribution in [0.5, 0.6) is 0 Å². The second-order valence-corrected chi connectivity index (χ2v) is 7.07. The SMILES string of the molecule is O=C1CN2C3CC(O)CC2CC1C3.O=S(=O)(O)C(F)(F)F. The number of rotatable bonds is 0. The molecule has 4 heterocycles. The third-order valence-electron chi connectivity index (χ3n) is 4.23. The molecule has 2 unspecified atom stereocenters. The molecule has 0 aliphatic carbocycles. The molecule has 0 aromatic carbocycles. The predicted molar refractivity (Wildman–Crippen MR) is 64.9 cm³/mol. The summed E-state index contributed by atoms with van der Waals surface area (Å²) >= 11 is 0. The van der Waals surface area contributed by atoms with Crippen molar-refractivity contribution in [3.05, 3.63) is 0 Å². The molecule has 4 saturated heterocycles. The number of piperidine rings is 4. The van der Waals surface area contributed by atoms with Crippen LogP contribution in [0.2, 0.25) is 0 Å². The fourth-order valence-corrected chi connectivity index (χ4v) is 3.34. The van der Waals surface area contributed by atoms with E-state index in [1.807, 2.05) is 0 Å². The van der Waals surface area contributed by atoms with Crippen molar-refractivity contribution in [3.63, 3.8) is 0 Å². The highest BCUT2D eigenvalue weighted by molar-refractivity contribution is 7.86. The van der Waals surface area contributed by atoms with Crippen molar-refractivity contribution in [2.45, 2.75) is 49.4 Å². The summed E-state index contributed by atoms with van der Waals surface area (Å²) in [5.74, 6) is 0.761.